The second-order valence-corrected chi connectivity index (χ2v) is 4.43. The minimum Gasteiger partial charge on any atom is -0.385 e. The van der Waals surface area contributed by atoms with E-state index in [9.17, 15) is 5.11 Å². The Hall–Kier alpha value is 0.170. The normalized spacial score (nSPS) is 31.3. The van der Waals surface area contributed by atoms with E-state index >= 15 is 0 Å². The molecule has 1 unspecified atom stereocenters. The third kappa shape index (κ3) is 2.60. The van der Waals surface area contributed by atoms with E-state index in [1.807, 2.05) is 6.08 Å². The number of halogens is 1. The molecule has 1 aliphatic rings. The Labute approximate surface area is 81.3 Å². The number of hydrogen-bond donors (Lipinski definition) is 1. The largest absolute Gasteiger partial charge is 0.385 e. The van der Waals surface area contributed by atoms with Crippen molar-refractivity contribution in [3.8, 4) is 0 Å². The van der Waals surface area contributed by atoms with Crippen LogP contribution < -0.4 is 0 Å². The van der Waals surface area contributed by atoms with Crippen LogP contribution in [-0.4, -0.2) is 10.7 Å². The molecule has 0 saturated carbocycles. The molecule has 1 N–H and O–H groups in total. The van der Waals surface area contributed by atoms with Gasteiger partial charge in [0.2, 0.25) is 0 Å². The van der Waals surface area contributed by atoms with Crippen LogP contribution in [0.25, 0.3) is 0 Å². The molecule has 0 spiro atoms. The van der Waals surface area contributed by atoms with Crippen LogP contribution in [0.5, 0.6) is 0 Å². The lowest BCUT2D eigenvalue weighted by atomic mass is 9.88. The molecule has 2 heteroatoms. The minimum atomic E-state index is -0.587. The third-order valence-corrected chi connectivity index (χ3v) is 2.80. The monoisotopic (exact) mass is 264 g/mol. The van der Waals surface area contributed by atoms with Gasteiger partial charge in [-0.1, -0.05) is 6.08 Å². The van der Waals surface area contributed by atoms with Crippen molar-refractivity contribution in [1.29, 1.82) is 0 Å². The van der Waals surface area contributed by atoms with Gasteiger partial charge < -0.3 is 5.11 Å². The summed E-state index contributed by atoms with van der Waals surface area (Å²) in [5, 5.41) is 9.89. The fraction of sp³-hybridized carbons (Fsp3) is 0.556. The smallest absolute Gasteiger partial charge is 0.0871 e. The Kier molecular flexibility index (Phi) is 3.13. The van der Waals surface area contributed by atoms with Gasteiger partial charge in [0.15, 0.2) is 0 Å². The summed E-state index contributed by atoms with van der Waals surface area (Å²) in [5.41, 5.74) is -0.587. The highest BCUT2D eigenvalue weighted by Gasteiger charge is 2.25. The molecular weight excluding hydrogens is 251 g/mol. The zero-order valence-corrected chi connectivity index (χ0v) is 8.67. The summed E-state index contributed by atoms with van der Waals surface area (Å²) in [4.78, 5) is 0. The molecule has 0 aromatic carbocycles. The van der Waals surface area contributed by atoms with Gasteiger partial charge in [0.25, 0.3) is 0 Å². The molecule has 1 rings (SSSR count). The van der Waals surface area contributed by atoms with E-state index in [1.54, 1.807) is 6.08 Å². The highest BCUT2D eigenvalue weighted by molar-refractivity contribution is 14.1. The van der Waals surface area contributed by atoms with E-state index in [2.05, 4.69) is 29.2 Å². The first-order chi connectivity index (χ1) is 5.16. The molecule has 0 aromatic rings. The van der Waals surface area contributed by atoms with Crippen molar-refractivity contribution in [1.82, 2.24) is 0 Å². The first-order valence-electron chi connectivity index (χ1n) is 3.87. The van der Waals surface area contributed by atoms with Crippen LogP contribution in [0.2, 0.25) is 0 Å². The summed E-state index contributed by atoms with van der Waals surface area (Å²) in [7, 11) is 0. The summed E-state index contributed by atoms with van der Waals surface area (Å²) in [5.74, 6) is 0. The van der Waals surface area contributed by atoms with E-state index in [0.29, 0.717) is 6.42 Å². The molecule has 62 valence electrons. The van der Waals surface area contributed by atoms with Crippen LogP contribution in [0.3, 0.4) is 0 Å². The van der Waals surface area contributed by atoms with Crippen molar-refractivity contribution in [2.24, 2.45) is 0 Å². The first-order valence-corrected chi connectivity index (χ1v) is 4.95. The van der Waals surface area contributed by atoms with Gasteiger partial charge in [-0.05, 0) is 57.9 Å². The van der Waals surface area contributed by atoms with Crippen molar-refractivity contribution in [2.75, 3.05) is 0 Å². The van der Waals surface area contributed by atoms with Gasteiger partial charge in [-0.2, -0.15) is 0 Å². The molecule has 0 radical (unpaired) electrons. The van der Waals surface area contributed by atoms with Gasteiger partial charge in [0, 0.05) is 0 Å². The summed E-state index contributed by atoms with van der Waals surface area (Å²) < 4.78 is 1.28. The Balaban J connectivity index is 2.68. The predicted octanol–water partition coefficient (Wildman–Crippen LogP) is 2.80. The minimum absolute atomic E-state index is 0.587. The molecule has 1 atom stereocenters. The molecule has 1 nitrogen and oxygen atoms in total. The molecule has 0 saturated heterocycles. The standard InChI is InChI=1S/C9H13IO/c1-2-5-9(11)6-3-4-8(10)7-9/h2,7,11H,1,3-6H2. The summed E-state index contributed by atoms with van der Waals surface area (Å²) in [6.07, 6.45) is 7.54. The Morgan fingerprint density at radius 1 is 1.82 bits per heavy atom. The van der Waals surface area contributed by atoms with Crippen LogP contribution in [0.1, 0.15) is 25.7 Å². The Morgan fingerprint density at radius 2 is 2.55 bits per heavy atom. The SMILES string of the molecule is C=CCC1(O)C=C(I)CCC1. The Morgan fingerprint density at radius 3 is 3.09 bits per heavy atom. The van der Waals surface area contributed by atoms with Gasteiger partial charge in [0.1, 0.15) is 0 Å². The molecular formula is C9H13IO. The number of aliphatic hydroxyl groups is 1. The number of hydrogen-bond acceptors (Lipinski definition) is 1. The van der Waals surface area contributed by atoms with Crippen LogP contribution >= 0.6 is 22.6 Å². The highest BCUT2D eigenvalue weighted by atomic mass is 127. The average Bonchev–Trinajstić information content (AvgIpc) is 1.86. The van der Waals surface area contributed by atoms with Crippen molar-refractivity contribution >= 4 is 22.6 Å². The third-order valence-electron chi connectivity index (χ3n) is 1.95. The molecule has 0 amide bonds. The zero-order valence-electron chi connectivity index (χ0n) is 6.52. The fourth-order valence-electron chi connectivity index (χ4n) is 1.41. The molecule has 0 aliphatic heterocycles. The lowest BCUT2D eigenvalue weighted by Gasteiger charge is -2.27. The van der Waals surface area contributed by atoms with Crippen molar-refractivity contribution < 1.29 is 5.11 Å². The maximum absolute atomic E-state index is 9.89. The van der Waals surface area contributed by atoms with E-state index in [1.165, 1.54) is 3.58 Å². The van der Waals surface area contributed by atoms with Gasteiger partial charge >= 0.3 is 0 Å². The van der Waals surface area contributed by atoms with Gasteiger partial charge in [-0.15, -0.1) is 6.58 Å². The average molecular weight is 264 g/mol. The van der Waals surface area contributed by atoms with E-state index in [0.717, 1.165) is 19.3 Å². The predicted molar refractivity (Wildman–Crippen MR) is 55.7 cm³/mol. The van der Waals surface area contributed by atoms with Crippen molar-refractivity contribution in [3.05, 3.63) is 22.3 Å². The topological polar surface area (TPSA) is 20.2 Å². The maximum Gasteiger partial charge on any atom is 0.0871 e. The molecule has 11 heavy (non-hydrogen) atoms. The van der Waals surface area contributed by atoms with Crippen LogP contribution in [0, 0.1) is 0 Å². The number of allylic oxidation sites excluding steroid dienone is 1. The van der Waals surface area contributed by atoms with E-state index in [4.69, 9.17) is 0 Å². The summed E-state index contributed by atoms with van der Waals surface area (Å²) in [6, 6.07) is 0. The van der Waals surface area contributed by atoms with E-state index in [-0.39, 0.29) is 0 Å². The molecule has 1 aliphatic carbocycles. The zero-order chi connectivity index (χ0) is 8.32. The van der Waals surface area contributed by atoms with Crippen molar-refractivity contribution in [3.63, 3.8) is 0 Å². The van der Waals surface area contributed by atoms with Crippen molar-refractivity contribution in [2.45, 2.75) is 31.3 Å². The lowest BCUT2D eigenvalue weighted by Crippen LogP contribution is -2.27. The molecule has 0 fully saturated rings. The van der Waals surface area contributed by atoms with Crippen LogP contribution in [0.4, 0.5) is 0 Å². The second kappa shape index (κ2) is 3.72. The molecule has 0 heterocycles. The quantitative estimate of drug-likeness (QED) is 0.600. The summed E-state index contributed by atoms with van der Waals surface area (Å²) >= 11 is 2.29. The van der Waals surface area contributed by atoms with Gasteiger partial charge in [-0.3, -0.25) is 0 Å². The van der Waals surface area contributed by atoms with Crippen LogP contribution in [0.15, 0.2) is 22.3 Å². The van der Waals surface area contributed by atoms with E-state index < -0.39 is 5.60 Å². The van der Waals surface area contributed by atoms with Crippen LogP contribution in [-0.2, 0) is 0 Å². The Bertz CT molecular complexity index is 186. The highest BCUT2D eigenvalue weighted by Crippen LogP contribution is 2.32. The second-order valence-electron chi connectivity index (χ2n) is 3.04. The molecule has 0 bridgehead atoms. The fourth-order valence-corrected chi connectivity index (χ4v) is 2.37. The number of rotatable bonds is 2. The molecule has 0 aromatic heterocycles. The first kappa shape index (κ1) is 9.26. The summed E-state index contributed by atoms with van der Waals surface area (Å²) in [6.45, 7) is 3.63. The lowest BCUT2D eigenvalue weighted by molar-refractivity contribution is 0.0777. The van der Waals surface area contributed by atoms with Gasteiger partial charge in [0.05, 0.1) is 5.60 Å². The van der Waals surface area contributed by atoms with Gasteiger partial charge in [-0.25, -0.2) is 0 Å². The maximum atomic E-state index is 9.89.